The number of tetrazole rings is 1. The van der Waals surface area contributed by atoms with Gasteiger partial charge in [0, 0.05) is 17.7 Å². The van der Waals surface area contributed by atoms with E-state index >= 15 is 0 Å². The number of benzene rings is 1. The molecule has 0 aliphatic rings. The molecule has 0 bridgehead atoms. The summed E-state index contributed by atoms with van der Waals surface area (Å²) in [5.74, 6) is -0.417. The van der Waals surface area contributed by atoms with Gasteiger partial charge < -0.3 is 9.84 Å². The largest absolute Gasteiger partial charge is 0.481 e. The third-order valence-corrected chi connectivity index (χ3v) is 3.48. The molecule has 2 aromatic rings. The van der Waals surface area contributed by atoms with Gasteiger partial charge in [0.25, 0.3) is 0 Å². The summed E-state index contributed by atoms with van der Waals surface area (Å²) in [6.07, 6.45) is -0.629. The highest BCUT2D eigenvalue weighted by atomic mass is 35.5. The molecule has 0 spiro atoms. The van der Waals surface area contributed by atoms with Crippen LogP contribution in [0.15, 0.2) is 18.2 Å². The predicted octanol–water partition coefficient (Wildman–Crippen LogP) is 1.79. The van der Waals surface area contributed by atoms with Crippen molar-refractivity contribution in [2.75, 3.05) is 7.11 Å². The fraction of sp³-hybridized carbons (Fsp3) is 0.385. The van der Waals surface area contributed by atoms with Gasteiger partial charge in [-0.15, -0.1) is 5.10 Å². The van der Waals surface area contributed by atoms with E-state index in [1.54, 1.807) is 6.07 Å². The van der Waals surface area contributed by atoms with Gasteiger partial charge in [-0.25, -0.2) is 4.68 Å². The predicted molar refractivity (Wildman–Crippen MR) is 76.0 cm³/mol. The van der Waals surface area contributed by atoms with Gasteiger partial charge in [0.1, 0.15) is 0 Å². The van der Waals surface area contributed by atoms with Crippen LogP contribution in [-0.4, -0.2) is 44.5 Å². The molecule has 7 nitrogen and oxygen atoms in total. The zero-order valence-electron chi connectivity index (χ0n) is 11.7. The number of halogens is 1. The average Bonchev–Trinajstić information content (AvgIpc) is 2.88. The molecule has 0 amide bonds. The van der Waals surface area contributed by atoms with E-state index in [0.717, 1.165) is 11.1 Å². The lowest BCUT2D eigenvalue weighted by atomic mass is 10.1. The molecule has 0 radical (unpaired) electrons. The molecule has 21 heavy (non-hydrogen) atoms. The number of carboxylic acid groups (broad SMARTS) is 1. The van der Waals surface area contributed by atoms with E-state index in [9.17, 15) is 4.79 Å². The molecule has 0 aliphatic carbocycles. The molecule has 2 rings (SSSR count). The van der Waals surface area contributed by atoms with Crippen molar-refractivity contribution in [1.82, 2.24) is 20.2 Å². The molecule has 8 heteroatoms. The molecular weight excluding hydrogens is 296 g/mol. The van der Waals surface area contributed by atoms with Gasteiger partial charge in [-0.3, -0.25) is 4.79 Å². The Kier molecular flexibility index (Phi) is 4.87. The zero-order valence-corrected chi connectivity index (χ0v) is 12.4. The summed E-state index contributed by atoms with van der Waals surface area (Å²) in [6.45, 7) is 2.15. The lowest BCUT2D eigenvalue weighted by Crippen LogP contribution is -2.23. The Morgan fingerprint density at radius 3 is 2.90 bits per heavy atom. The van der Waals surface area contributed by atoms with Gasteiger partial charge >= 0.3 is 5.97 Å². The number of aryl methyl sites for hydroxylation is 1. The Morgan fingerprint density at radius 2 is 2.29 bits per heavy atom. The zero-order chi connectivity index (χ0) is 15.4. The third kappa shape index (κ3) is 3.77. The second-order valence-electron chi connectivity index (χ2n) is 4.60. The minimum Gasteiger partial charge on any atom is -0.481 e. The molecule has 1 atom stereocenters. The van der Waals surface area contributed by atoms with E-state index in [2.05, 4.69) is 15.5 Å². The Hall–Kier alpha value is -1.99. The number of carbonyl (C=O) groups is 1. The monoisotopic (exact) mass is 310 g/mol. The molecule has 112 valence electrons. The van der Waals surface area contributed by atoms with Crippen LogP contribution in [-0.2, 0) is 16.1 Å². The van der Waals surface area contributed by atoms with Crippen LogP contribution in [0.2, 0.25) is 5.02 Å². The van der Waals surface area contributed by atoms with Crippen molar-refractivity contribution >= 4 is 17.6 Å². The molecule has 0 saturated carbocycles. The maximum Gasteiger partial charge on any atom is 0.306 e. The molecule has 1 aromatic heterocycles. The summed E-state index contributed by atoms with van der Waals surface area (Å²) in [4.78, 5) is 10.8. The van der Waals surface area contributed by atoms with Gasteiger partial charge in [0.05, 0.1) is 19.1 Å². The number of methoxy groups -OCH3 is 1. The van der Waals surface area contributed by atoms with Crippen molar-refractivity contribution in [2.45, 2.75) is 26.0 Å². The molecule has 1 unspecified atom stereocenters. The summed E-state index contributed by atoms with van der Waals surface area (Å²) in [5.41, 5.74) is 1.72. The molecule has 1 aromatic carbocycles. The van der Waals surface area contributed by atoms with Crippen molar-refractivity contribution in [1.29, 1.82) is 0 Å². The Balaban J connectivity index is 2.25. The maximum atomic E-state index is 10.8. The van der Waals surface area contributed by atoms with E-state index in [4.69, 9.17) is 21.4 Å². The minimum absolute atomic E-state index is 0.121. The molecule has 0 fully saturated rings. The Labute approximate surface area is 126 Å². The maximum absolute atomic E-state index is 10.8. The topological polar surface area (TPSA) is 90.1 Å². The second-order valence-corrected chi connectivity index (χ2v) is 5.01. The summed E-state index contributed by atoms with van der Waals surface area (Å²) >= 11 is 6.10. The standard InChI is InChI=1S/C13H15ClN4O3/c1-8-3-4-9(5-11(8)14)13-15-16-17-18(13)7-10(21-2)6-12(19)20/h3-5,10H,6-7H2,1-2H3,(H,19,20). The molecule has 1 N–H and O–H groups in total. The van der Waals surface area contributed by atoms with E-state index < -0.39 is 12.1 Å². The number of carboxylic acids is 1. The van der Waals surface area contributed by atoms with Crippen molar-refractivity contribution < 1.29 is 14.6 Å². The van der Waals surface area contributed by atoms with Crippen molar-refractivity contribution in [3.05, 3.63) is 28.8 Å². The first kappa shape index (κ1) is 15.4. The van der Waals surface area contributed by atoms with Crippen LogP contribution >= 0.6 is 11.6 Å². The number of hydrogen-bond donors (Lipinski definition) is 1. The van der Waals surface area contributed by atoms with Gasteiger partial charge in [0.15, 0.2) is 5.82 Å². The van der Waals surface area contributed by atoms with Crippen LogP contribution in [0.1, 0.15) is 12.0 Å². The third-order valence-electron chi connectivity index (χ3n) is 3.07. The van der Waals surface area contributed by atoms with Crippen LogP contribution in [0.25, 0.3) is 11.4 Å². The average molecular weight is 311 g/mol. The highest BCUT2D eigenvalue weighted by molar-refractivity contribution is 6.31. The molecule has 0 saturated heterocycles. The minimum atomic E-state index is -0.935. The number of nitrogens with zero attached hydrogens (tertiary/aromatic N) is 4. The Bertz CT molecular complexity index is 644. The highest BCUT2D eigenvalue weighted by Crippen LogP contribution is 2.23. The van der Waals surface area contributed by atoms with Gasteiger partial charge in [-0.2, -0.15) is 0 Å². The van der Waals surface area contributed by atoms with Crippen LogP contribution in [0.4, 0.5) is 0 Å². The number of rotatable bonds is 6. The van der Waals surface area contributed by atoms with Crippen molar-refractivity contribution in [3.8, 4) is 11.4 Å². The quantitative estimate of drug-likeness (QED) is 0.875. The lowest BCUT2D eigenvalue weighted by molar-refractivity contribution is -0.139. The summed E-state index contributed by atoms with van der Waals surface area (Å²) in [7, 11) is 1.46. The Morgan fingerprint density at radius 1 is 1.52 bits per heavy atom. The van der Waals surface area contributed by atoms with Gasteiger partial charge in [0.2, 0.25) is 0 Å². The summed E-state index contributed by atoms with van der Waals surface area (Å²) in [6, 6.07) is 5.52. The van der Waals surface area contributed by atoms with Crippen LogP contribution in [0.5, 0.6) is 0 Å². The smallest absolute Gasteiger partial charge is 0.306 e. The van der Waals surface area contributed by atoms with Gasteiger partial charge in [-0.05, 0) is 29.0 Å². The number of aliphatic carboxylic acids is 1. The normalized spacial score (nSPS) is 12.3. The molecular formula is C13H15ClN4O3. The lowest BCUT2D eigenvalue weighted by Gasteiger charge is -2.13. The molecule has 0 aliphatic heterocycles. The van der Waals surface area contributed by atoms with E-state index in [-0.39, 0.29) is 13.0 Å². The first-order valence-electron chi connectivity index (χ1n) is 6.28. The van der Waals surface area contributed by atoms with E-state index in [0.29, 0.717) is 10.8 Å². The van der Waals surface area contributed by atoms with Crippen LogP contribution in [0, 0.1) is 6.92 Å². The fourth-order valence-electron chi connectivity index (χ4n) is 1.88. The van der Waals surface area contributed by atoms with Crippen LogP contribution in [0.3, 0.4) is 0 Å². The second kappa shape index (κ2) is 6.64. The van der Waals surface area contributed by atoms with E-state index in [1.165, 1.54) is 11.8 Å². The van der Waals surface area contributed by atoms with E-state index in [1.807, 2.05) is 19.1 Å². The van der Waals surface area contributed by atoms with Crippen LogP contribution < -0.4 is 0 Å². The molecule has 1 heterocycles. The first-order valence-corrected chi connectivity index (χ1v) is 6.66. The number of hydrogen-bond acceptors (Lipinski definition) is 5. The number of aromatic nitrogens is 4. The summed E-state index contributed by atoms with van der Waals surface area (Å²) < 4.78 is 6.66. The first-order chi connectivity index (χ1) is 10.0. The highest BCUT2D eigenvalue weighted by Gasteiger charge is 2.17. The fourth-order valence-corrected chi connectivity index (χ4v) is 2.06. The van der Waals surface area contributed by atoms with Crippen molar-refractivity contribution in [2.24, 2.45) is 0 Å². The van der Waals surface area contributed by atoms with Crippen molar-refractivity contribution in [3.63, 3.8) is 0 Å². The van der Waals surface area contributed by atoms with Gasteiger partial charge in [-0.1, -0.05) is 23.7 Å². The summed E-state index contributed by atoms with van der Waals surface area (Å²) in [5, 5.41) is 20.9. The SMILES string of the molecule is COC(CC(=O)O)Cn1nnnc1-c1ccc(C)c(Cl)c1. The number of ether oxygens (including phenoxy) is 1.